The number of nitrogens with zero attached hydrogens (tertiary/aromatic N) is 1. The maximum atomic E-state index is 10.5. The first-order chi connectivity index (χ1) is 6.11. The van der Waals surface area contributed by atoms with Crippen molar-refractivity contribution in [2.24, 2.45) is 0 Å². The molecular formula is C9H13NO3. The molecule has 0 fully saturated rings. The van der Waals surface area contributed by atoms with E-state index in [-0.39, 0.29) is 11.7 Å². The second kappa shape index (κ2) is 6.21. The van der Waals surface area contributed by atoms with Gasteiger partial charge in [-0.2, -0.15) is 5.26 Å². The summed E-state index contributed by atoms with van der Waals surface area (Å²) in [6, 6.07) is 1.71. The molecule has 72 valence electrons. The van der Waals surface area contributed by atoms with Gasteiger partial charge in [0.2, 0.25) is 0 Å². The molecule has 0 saturated heterocycles. The number of nitriles is 1. The molecule has 1 N–H and O–H groups in total. The maximum Gasteiger partial charge on any atom is 0.332 e. The average molecular weight is 183 g/mol. The zero-order valence-electron chi connectivity index (χ0n) is 7.78. The Kier molecular flexibility index (Phi) is 5.57. The average Bonchev–Trinajstić information content (AvgIpc) is 2.11. The van der Waals surface area contributed by atoms with Crippen molar-refractivity contribution in [1.82, 2.24) is 0 Å². The molecule has 0 aliphatic carbocycles. The van der Waals surface area contributed by atoms with E-state index in [4.69, 9.17) is 15.1 Å². The molecule has 0 spiro atoms. The molecule has 1 unspecified atom stereocenters. The molecule has 0 bridgehead atoms. The van der Waals surface area contributed by atoms with Crippen LogP contribution in [0.1, 0.15) is 19.8 Å². The van der Waals surface area contributed by atoms with Crippen LogP contribution in [0, 0.1) is 11.3 Å². The van der Waals surface area contributed by atoms with Gasteiger partial charge < -0.3 is 9.84 Å². The van der Waals surface area contributed by atoms with Crippen LogP contribution >= 0.6 is 0 Å². The van der Waals surface area contributed by atoms with E-state index >= 15 is 0 Å². The number of carboxylic acid groups (broad SMARTS) is 1. The van der Waals surface area contributed by atoms with E-state index < -0.39 is 5.97 Å². The van der Waals surface area contributed by atoms with Crippen LogP contribution in [0.5, 0.6) is 0 Å². The van der Waals surface area contributed by atoms with Crippen molar-refractivity contribution in [3.63, 3.8) is 0 Å². The van der Waals surface area contributed by atoms with Gasteiger partial charge in [-0.1, -0.05) is 0 Å². The molecule has 0 aromatic carbocycles. The van der Waals surface area contributed by atoms with E-state index in [0.717, 1.165) is 6.08 Å². The molecule has 0 amide bonds. The molecule has 13 heavy (non-hydrogen) atoms. The zero-order chi connectivity index (χ0) is 10.3. The summed E-state index contributed by atoms with van der Waals surface area (Å²) in [5, 5.41) is 16.9. The Morgan fingerprint density at radius 2 is 2.38 bits per heavy atom. The van der Waals surface area contributed by atoms with Gasteiger partial charge >= 0.3 is 5.97 Å². The Labute approximate surface area is 77.4 Å². The first kappa shape index (κ1) is 11.7. The molecule has 0 aliphatic heterocycles. The third-order valence-corrected chi connectivity index (χ3v) is 1.74. The molecule has 0 heterocycles. The lowest BCUT2D eigenvalue weighted by Crippen LogP contribution is -2.08. The third-order valence-electron chi connectivity index (χ3n) is 1.74. The SMILES string of the molecule is COC(C)CC/C(=C/C#N)C(=O)O. The number of methoxy groups -OCH3 is 1. The Hall–Kier alpha value is -1.34. The minimum Gasteiger partial charge on any atom is -0.478 e. The Morgan fingerprint density at radius 3 is 2.77 bits per heavy atom. The summed E-state index contributed by atoms with van der Waals surface area (Å²) in [5.41, 5.74) is 0.131. The molecule has 0 saturated carbocycles. The van der Waals surface area contributed by atoms with Crippen LogP contribution in [0.3, 0.4) is 0 Å². The summed E-state index contributed by atoms with van der Waals surface area (Å²) in [6.07, 6.45) is 2.04. The highest BCUT2D eigenvalue weighted by atomic mass is 16.5. The highest BCUT2D eigenvalue weighted by Gasteiger charge is 2.08. The van der Waals surface area contributed by atoms with E-state index in [1.54, 1.807) is 13.2 Å². The zero-order valence-corrected chi connectivity index (χ0v) is 7.78. The fourth-order valence-corrected chi connectivity index (χ4v) is 0.795. The molecule has 0 aromatic heterocycles. The van der Waals surface area contributed by atoms with Gasteiger partial charge in [0.05, 0.1) is 12.2 Å². The quantitative estimate of drug-likeness (QED) is 0.515. The van der Waals surface area contributed by atoms with E-state index in [0.29, 0.717) is 12.8 Å². The summed E-state index contributed by atoms with van der Waals surface area (Å²) in [5.74, 6) is -1.04. The number of hydrogen-bond acceptors (Lipinski definition) is 3. The number of carboxylic acids is 1. The second-order valence-electron chi connectivity index (χ2n) is 2.69. The number of rotatable bonds is 5. The Morgan fingerprint density at radius 1 is 1.77 bits per heavy atom. The fraction of sp³-hybridized carbons (Fsp3) is 0.556. The predicted molar refractivity (Wildman–Crippen MR) is 47.0 cm³/mol. The number of hydrogen-bond donors (Lipinski definition) is 1. The van der Waals surface area contributed by atoms with E-state index in [9.17, 15) is 4.79 Å². The lowest BCUT2D eigenvalue weighted by atomic mass is 10.1. The van der Waals surface area contributed by atoms with Crippen molar-refractivity contribution in [1.29, 1.82) is 5.26 Å². The van der Waals surface area contributed by atoms with Crippen molar-refractivity contribution in [3.8, 4) is 6.07 Å². The minimum atomic E-state index is -1.04. The molecule has 0 aromatic rings. The summed E-state index contributed by atoms with van der Waals surface area (Å²) in [4.78, 5) is 10.5. The molecular weight excluding hydrogens is 170 g/mol. The first-order valence-corrected chi connectivity index (χ1v) is 3.96. The van der Waals surface area contributed by atoms with E-state index in [1.165, 1.54) is 0 Å². The van der Waals surface area contributed by atoms with Crippen LogP contribution in [-0.4, -0.2) is 24.3 Å². The normalized spacial score (nSPS) is 13.5. The second-order valence-corrected chi connectivity index (χ2v) is 2.69. The van der Waals surface area contributed by atoms with Crippen LogP contribution in [-0.2, 0) is 9.53 Å². The van der Waals surface area contributed by atoms with Crippen LogP contribution in [0.25, 0.3) is 0 Å². The van der Waals surface area contributed by atoms with Gasteiger partial charge in [-0.25, -0.2) is 4.79 Å². The summed E-state index contributed by atoms with van der Waals surface area (Å²) < 4.78 is 4.96. The fourth-order valence-electron chi connectivity index (χ4n) is 0.795. The highest BCUT2D eigenvalue weighted by molar-refractivity contribution is 5.87. The van der Waals surface area contributed by atoms with Gasteiger partial charge in [0.25, 0.3) is 0 Å². The highest BCUT2D eigenvalue weighted by Crippen LogP contribution is 2.09. The summed E-state index contributed by atoms with van der Waals surface area (Å²) >= 11 is 0. The molecule has 0 radical (unpaired) electrons. The van der Waals surface area contributed by atoms with Crippen molar-refractivity contribution in [2.75, 3.05) is 7.11 Å². The number of carbonyl (C=O) groups is 1. The van der Waals surface area contributed by atoms with Crippen LogP contribution in [0.4, 0.5) is 0 Å². The Balaban J connectivity index is 4.08. The number of allylic oxidation sites excluding steroid dienone is 1. The monoisotopic (exact) mass is 183 g/mol. The topological polar surface area (TPSA) is 70.3 Å². The van der Waals surface area contributed by atoms with Gasteiger partial charge in [0, 0.05) is 18.8 Å². The predicted octanol–water partition coefficient (Wildman–Crippen LogP) is 1.34. The van der Waals surface area contributed by atoms with Crippen LogP contribution in [0.2, 0.25) is 0 Å². The van der Waals surface area contributed by atoms with Gasteiger partial charge in [-0.15, -0.1) is 0 Å². The van der Waals surface area contributed by atoms with E-state index in [1.807, 2.05) is 6.92 Å². The van der Waals surface area contributed by atoms with Crippen LogP contribution < -0.4 is 0 Å². The summed E-state index contributed by atoms with van der Waals surface area (Å²) in [7, 11) is 1.57. The largest absolute Gasteiger partial charge is 0.478 e. The maximum absolute atomic E-state index is 10.5. The number of aliphatic carboxylic acids is 1. The van der Waals surface area contributed by atoms with Gasteiger partial charge in [-0.3, -0.25) is 0 Å². The van der Waals surface area contributed by atoms with E-state index in [2.05, 4.69) is 0 Å². The minimum absolute atomic E-state index is 0.0152. The molecule has 4 nitrogen and oxygen atoms in total. The summed E-state index contributed by atoms with van der Waals surface area (Å²) in [6.45, 7) is 1.85. The van der Waals surface area contributed by atoms with Gasteiger partial charge in [-0.05, 0) is 19.8 Å². The van der Waals surface area contributed by atoms with Crippen molar-refractivity contribution in [3.05, 3.63) is 11.6 Å². The molecule has 0 aliphatic rings. The van der Waals surface area contributed by atoms with Crippen molar-refractivity contribution < 1.29 is 14.6 Å². The first-order valence-electron chi connectivity index (χ1n) is 3.96. The van der Waals surface area contributed by atoms with Gasteiger partial charge in [0.15, 0.2) is 0 Å². The molecule has 1 atom stereocenters. The van der Waals surface area contributed by atoms with Crippen molar-refractivity contribution >= 4 is 5.97 Å². The van der Waals surface area contributed by atoms with Gasteiger partial charge in [0.1, 0.15) is 0 Å². The lowest BCUT2D eigenvalue weighted by Gasteiger charge is -2.08. The molecule has 4 heteroatoms. The third kappa shape index (κ3) is 4.99. The van der Waals surface area contributed by atoms with Crippen molar-refractivity contribution in [2.45, 2.75) is 25.9 Å². The molecule has 0 rings (SSSR count). The van der Waals surface area contributed by atoms with Crippen LogP contribution in [0.15, 0.2) is 11.6 Å². The smallest absolute Gasteiger partial charge is 0.332 e. The lowest BCUT2D eigenvalue weighted by molar-refractivity contribution is -0.132. The standard InChI is InChI=1S/C9H13NO3/c1-7(13-2)3-4-8(5-6-10)9(11)12/h5,7H,3-4H2,1-2H3,(H,11,12)/b8-5-. The number of ether oxygens (including phenoxy) is 1. The Bertz CT molecular complexity index is 240.